The van der Waals surface area contributed by atoms with Crippen molar-refractivity contribution in [3.63, 3.8) is 0 Å². The van der Waals surface area contributed by atoms with Gasteiger partial charge in [-0.25, -0.2) is 0 Å². The second-order valence-electron chi connectivity index (χ2n) is 3.49. The Hall–Kier alpha value is -1.08. The highest BCUT2D eigenvalue weighted by Gasteiger charge is 2.05. The summed E-state index contributed by atoms with van der Waals surface area (Å²) in [6, 6.07) is 16.9. The van der Waals surface area contributed by atoms with E-state index in [1.54, 1.807) is 0 Å². The lowest BCUT2D eigenvalue weighted by molar-refractivity contribution is 1.14. The fourth-order valence-electron chi connectivity index (χ4n) is 1.77. The van der Waals surface area contributed by atoms with Crippen molar-refractivity contribution in [1.29, 1.82) is 0 Å². The second-order valence-corrected chi connectivity index (χ2v) is 4.34. The fraction of sp³-hybridized carbons (Fsp3) is 0.143. The third kappa shape index (κ3) is 2.13. The standard InChI is InChI=1S/C14H13Br/c1-2-11-7-3-4-8-12(11)13-9-5-6-10-14(13)15/h3-10H,2H2,1H3. The molecule has 0 aliphatic heterocycles. The van der Waals surface area contributed by atoms with E-state index in [1.165, 1.54) is 16.7 Å². The lowest BCUT2D eigenvalue weighted by Gasteiger charge is -2.09. The molecule has 0 fully saturated rings. The van der Waals surface area contributed by atoms with Crippen LogP contribution in [-0.2, 0) is 6.42 Å². The summed E-state index contributed by atoms with van der Waals surface area (Å²) >= 11 is 3.60. The van der Waals surface area contributed by atoms with Crippen LogP contribution < -0.4 is 0 Å². The summed E-state index contributed by atoms with van der Waals surface area (Å²) in [6.07, 6.45) is 1.07. The van der Waals surface area contributed by atoms with E-state index in [4.69, 9.17) is 0 Å². The van der Waals surface area contributed by atoms with Crippen LogP contribution in [0.5, 0.6) is 0 Å². The van der Waals surface area contributed by atoms with Crippen LogP contribution in [-0.4, -0.2) is 0 Å². The quantitative estimate of drug-likeness (QED) is 0.736. The van der Waals surface area contributed by atoms with Crippen LogP contribution in [0.3, 0.4) is 0 Å². The van der Waals surface area contributed by atoms with Crippen LogP contribution in [0.25, 0.3) is 11.1 Å². The molecule has 2 aromatic rings. The molecule has 15 heavy (non-hydrogen) atoms. The Morgan fingerprint density at radius 1 is 0.867 bits per heavy atom. The molecule has 0 saturated carbocycles. The molecule has 76 valence electrons. The average Bonchev–Trinajstić information content (AvgIpc) is 2.30. The number of halogens is 1. The lowest BCUT2D eigenvalue weighted by Crippen LogP contribution is -1.87. The highest BCUT2D eigenvalue weighted by Crippen LogP contribution is 2.30. The molecule has 0 heterocycles. The van der Waals surface area contributed by atoms with Crippen LogP contribution in [0.1, 0.15) is 12.5 Å². The van der Waals surface area contributed by atoms with Gasteiger partial charge in [0.15, 0.2) is 0 Å². The second kappa shape index (κ2) is 4.63. The van der Waals surface area contributed by atoms with E-state index in [0.717, 1.165) is 10.9 Å². The summed E-state index contributed by atoms with van der Waals surface area (Å²) in [5.74, 6) is 0. The van der Waals surface area contributed by atoms with Gasteiger partial charge < -0.3 is 0 Å². The predicted octanol–water partition coefficient (Wildman–Crippen LogP) is 4.68. The van der Waals surface area contributed by atoms with Crippen molar-refractivity contribution in [3.8, 4) is 11.1 Å². The third-order valence-electron chi connectivity index (χ3n) is 2.56. The lowest BCUT2D eigenvalue weighted by atomic mass is 9.98. The Morgan fingerprint density at radius 3 is 2.13 bits per heavy atom. The van der Waals surface area contributed by atoms with Crippen LogP contribution in [0.2, 0.25) is 0 Å². The number of hydrogen-bond acceptors (Lipinski definition) is 0. The van der Waals surface area contributed by atoms with E-state index < -0.39 is 0 Å². The summed E-state index contributed by atoms with van der Waals surface area (Å²) in [7, 11) is 0. The zero-order chi connectivity index (χ0) is 10.7. The highest BCUT2D eigenvalue weighted by atomic mass is 79.9. The molecule has 1 heteroatoms. The zero-order valence-corrected chi connectivity index (χ0v) is 10.3. The molecule has 0 N–H and O–H groups in total. The van der Waals surface area contributed by atoms with Gasteiger partial charge in [-0.3, -0.25) is 0 Å². The molecule has 0 nitrogen and oxygen atoms in total. The van der Waals surface area contributed by atoms with Gasteiger partial charge in [0, 0.05) is 4.47 Å². The molecule has 0 atom stereocenters. The topological polar surface area (TPSA) is 0 Å². The summed E-state index contributed by atoms with van der Waals surface area (Å²) < 4.78 is 1.16. The minimum absolute atomic E-state index is 1.07. The summed E-state index contributed by atoms with van der Waals surface area (Å²) in [4.78, 5) is 0. The Labute approximate surface area is 99.1 Å². The van der Waals surface area contributed by atoms with Gasteiger partial charge in [-0.05, 0) is 29.2 Å². The van der Waals surface area contributed by atoms with Crippen molar-refractivity contribution in [3.05, 3.63) is 58.6 Å². The first kappa shape index (κ1) is 10.4. The van der Waals surface area contributed by atoms with Gasteiger partial charge in [-0.15, -0.1) is 0 Å². The molecular weight excluding hydrogens is 248 g/mol. The summed E-state index contributed by atoms with van der Waals surface area (Å²) in [6.45, 7) is 2.19. The third-order valence-corrected chi connectivity index (χ3v) is 3.25. The van der Waals surface area contributed by atoms with Gasteiger partial charge in [0.25, 0.3) is 0 Å². The fourth-order valence-corrected chi connectivity index (χ4v) is 2.27. The maximum atomic E-state index is 3.60. The number of benzene rings is 2. The number of hydrogen-bond donors (Lipinski definition) is 0. The van der Waals surface area contributed by atoms with Crippen LogP contribution in [0, 0.1) is 0 Å². The van der Waals surface area contributed by atoms with Gasteiger partial charge in [-0.2, -0.15) is 0 Å². The van der Waals surface area contributed by atoms with E-state index in [1.807, 2.05) is 6.07 Å². The van der Waals surface area contributed by atoms with E-state index in [2.05, 4.69) is 65.3 Å². The number of rotatable bonds is 2. The van der Waals surface area contributed by atoms with Crippen molar-refractivity contribution in [1.82, 2.24) is 0 Å². The SMILES string of the molecule is CCc1ccccc1-c1ccccc1Br. The van der Waals surface area contributed by atoms with E-state index in [9.17, 15) is 0 Å². The van der Waals surface area contributed by atoms with Crippen molar-refractivity contribution in [2.24, 2.45) is 0 Å². The molecule has 0 unspecified atom stereocenters. The normalized spacial score (nSPS) is 10.3. The highest BCUT2D eigenvalue weighted by molar-refractivity contribution is 9.10. The average molecular weight is 261 g/mol. The first-order valence-corrected chi connectivity index (χ1v) is 5.95. The Bertz CT molecular complexity index is 460. The molecule has 0 radical (unpaired) electrons. The Balaban J connectivity index is 2.59. The van der Waals surface area contributed by atoms with Crippen molar-refractivity contribution in [2.75, 3.05) is 0 Å². The van der Waals surface area contributed by atoms with Crippen LogP contribution in [0.4, 0.5) is 0 Å². The minimum atomic E-state index is 1.07. The first-order valence-electron chi connectivity index (χ1n) is 5.15. The minimum Gasteiger partial charge on any atom is -0.0620 e. The molecule has 2 aromatic carbocycles. The van der Waals surface area contributed by atoms with Crippen molar-refractivity contribution in [2.45, 2.75) is 13.3 Å². The van der Waals surface area contributed by atoms with Gasteiger partial charge in [0.2, 0.25) is 0 Å². The molecule has 0 aliphatic rings. The molecule has 0 saturated heterocycles. The summed E-state index contributed by atoms with van der Waals surface area (Å²) in [5.41, 5.74) is 3.99. The monoisotopic (exact) mass is 260 g/mol. The predicted molar refractivity (Wildman–Crippen MR) is 69.0 cm³/mol. The maximum absolute atomic E-state index is 3.60. The maximum Gasteiger partial charge on any atom is 0.0253 e. The van der Waals surface area contributed by atoms with Gasteiger partial charge in [0.05, 0.1) is 0 Å². The van der Waals surface area contributed by atoms with Gasteiger partial charge in [0.1, 0.15) is 0 Å². The van der Waals surface area contributed by atoms with Crippen molar-refractivity contribution < 1.29 is 0 Å². The molecule has 0 spiro atoms. The molecule has 2 rings (SSSR count). The van der Waals surface area contributed by atoms with E-state index in [0.29, 0.717) is 0 Å². The van der Waals surface area contributed by atoms with E-state index >= 15 is 0 Å². The molecule has 0 bridgehead atoms. The molecule has 0 aromatic heterocycles. The first-order chi connectivity index (χ1) is 7.33. The van der Waals surface area contributed by atoms with Crippen LogP contribution in [0.15, 0.2) is 53.0 Å². The van der Waals surface area contributed by atoms with E-state index in [-0.39, 0.29) is 0 Å². The van der Waals surface area contributed by atoms with Gasteiger partial charge >= 0.3 is 0 Å². The van der Waals surface area contributed by atoms with Crippen molar-refractivity contribution >= 4 is 15.9 Å². The summed E-state index contributed by atoms with van der Waals surface area (Å²) in [5, 5.41) is 0. The zero-order valence-electron chi connectivity index (χ0n) is 8.70. The Morgan fingerprint density at radius 2 is 1.47 bits per heavy atom. The van der Waals surface area contributed by atoms with Gasteiger partial charge in [-0.1, -0.05) is 65.3 Å². The largest absolute Gasteiger partial charge is 0.0620 e. The Kier molecular flexibility index (Phi) is 3.22. The van der Waals surface area contributed by atoms with Crippen LogP contribution >= 0.6 is 15.9 Å². The molecular formula is C14H13Br. The smallest absolute Gasteiger partial charge is 0.0253 e. The molecule has 0 aliphatic carbocycles. The number of aryl methyl sites for hydroxylation is 1. The molecule has 0 amide bonds.